The van der Waals surface area contributed by atoms with Crippen molar-refractivity contribution < 1.29 is 4.74 Å². The Morgan fingerprint density at radius 1 is 1.41 bits per heavy atom. The molecule has 0 unspecified atom stereocenters. The van der Waals surface area contributed by atoms with Crippen molar-refractivity contribution in [2.24, 2.45) is 0 Å². The van der Waals surface area contributed by atoms with Crippen molar-refractivity contribution in [3.8, 4) is 11.4 Å². The molecule has 0 radical (unpaired) electrons. The van der Waals surface area contributed by atoms with E-state index in [1.165, 1.54) is 0 Å². The van der Waals surface area contributed by atoms with E-state index in [4.69, 9.17) is 4.74 Å². The van der Waals surface area contributed by atoms with Gasteiger partial charge in [-0.2, -0.15) is 0 Å². The van der Waals surface area contributed by atoms with Crippen LogP contribution in [0.3, 0.4) is 0 Å². The maximum Gasteiger partial charge on any atom is 0.165 e. The molecular weight excluding hydrogens is 216 g/mol. The molecule has 90 valence electrons. The van der Waals surface area contributed by atoms with Gasteiger partial charge in [0.2, 0.25) is 0 Å². The van der Waals surface area contributed by atoms with Gasteiger partial charge in [-0.05, 0) is 26.0 Å². The number of hydrogen-bond donors (Lipinski definition) is 0. The minimum atomic E-state index is 0.199. The monoisotopic (exact) mass is 232 g/mol. The lowest BCUT2D eigenvalue weighted by molar-refractivity contribution is 0.162. The van der Waals surface area contributed by atoms with Crippen molar-refractivity contribution >= 4 is 0 Å². The van der Waals surface area contributed by atoms with Crippen molar-refractivity contribution in [3.63, 3.8) is 0 Å². The second-order valence-corrected chi connectivity index (χ2v) is 3.99. The summed E-state index contributed by atoms with van der Waals surface area (Å²) in [7, 11) is 1.69. The van der Waals surface area contributed by atoms with Crippen LogP contribution in [-0.4, -0.2) is 33.5 Å². The zero-order valence-corrected chi connectivity index (χ0v) is 10.3. The fraction of sp³-hybridized carbons (Fsp3) is 0.417. The van der Waals surface area contributed by atoms with Gasteiger partial charge in [-0.25, -0.2) is 0 Å². The predicted molar refractivity (Wildman–Crippen MR) is 64.6 cm³/mol. The van der Waals surface area contributed by atoms with Gasteiger partial charge in [0.05, 0.1) is 12.6 Å². The Morgan fingerprint density at radius 2 is 2.24 bits per heavy atom. The molecule has 5 heteroatoms. The summed E-state index contributed by atoms with van der Waals surface area (Å²) < 4.78 is 7.25. The summed E-state index contributed by atoms with van der Waals surface area (Å²) in [6, 6.07) is 4.07. The van der Waals surface area contributed by atoms with E-state index in [2.05, 4.69) is 26.7 Å². The van der Waals surface area contributed by atoms with Crippen molar-refractivity contribution in [1.82, 2.24) is 19.7 Å². The topological polar surface area (TPSA) is 52.8 Å². The third-order valence-corrected chi connectivity index (χ3v) is 2.63. The van der Waals surface area contributed by atoms with E-state index >= 15 is 0 Å². The third kappa shape index (κ3) is 2.34. The number of aryl methyl sites for hydroxylation is 1. The Kier molecular flexibility index (Phi) is 3.49. The van der Waals surface area contributed by atoms with Gasteiger partial charge < -0.3 is 9.30 Å². The van der Waals surface area contributed by atoms with Crippen LogP contribution in [0.5, 0.6) is 0 Å². The van der Waals surface area contributed by atoms with E-state index in [1.54, 1.807) is 19.5 Å². The summed E-state index contributed by atoms with van der Waals surface area (Å²) in [5, 5.41) is 8.33. The maximum absolute atomic E-state index is 5.18. The highest BCUT2D eigenvalue weighted by Crippen LogP contribution is 2.21. The quantitative estimate of drug-likeness (QED) is 0.807. The number of aromatic nitrogens is 4. The molecule has 5 nitrogen and oxygen atoms in total. The van der Waals surface area contributed by atoms with Crippen LogP contribution in [-0.2, 0) is 4.74 Å². The molecule has 2 aromatic heterocycles. The molecule has 2 rings (SSSR count). The van der Waals surface area contributed by atoms with E-state index < -0.39 is 0 Å². The molecule has 0 aromatic carbocycles. The summed E-state index contributed by atoms with van der Waals surface area (Å²) in [5.41, 5.74) is 0.969. The Balaban J connectivity index is 2.42. The summed E-state index contributed by atoms with van der Waals surface area (Å²) in [4.78, 5) is 4.10. The molecule has 0 saturated carbocycles. The molecule has 0 N–H and O–H groups in total. The Bertz CT molecular complexity index is 481. The highest BCUT2D eigenvalue weighted by Gasteiger charge is 2.15. The van der Waals surface area contributed by atoms with Crippen LogP contribution in [0, 0.1) is 6.92 Å². The summed E-state index contributed by atoms with van der Waals surface area (Å²) in [6.07, 6.45) is 3.54. The van der Waals surface area contributed by atoms with E-state index in [-0.39, 0.29) is 6.04 Å². The highest BCUT2D eigenvalue weighted by atomic mass is 16.5. The molecule has 0 aliphatic rings. The molecule has 0 fully saturated rings. The summed E-state index contributed by atoms with van der Waals surface area (Å²) in [6.45, 7) is 4.66. The van der Waals surface area contributed by atoms with Gasteiger partial charge in [-0.1, -0.05) is 0 Å². The van der Waals surface area contributed by atoms with Gasteiger partial charge in [0.25, 0.3) is 0 Å². The molecule has 2 heterocycles. The third-order valence-electron chi connectivity index (χ3n) is 2.63. The minimum absolute atomic E-state index is 0.199. The summed E-state index contributed by atoms with van der Waals surface area (Å²) in [5.74, 6) is 1.72. The average molecular weight is 232 g/mol. The number of pyridine rings is 1. The first-order valence-corrected chi connectivity index (χ1v) is 5.55. The zero-order chi connectivity index (χ0) is 12.3. The molecule has 0 spiro atoms. The standard InChI is InChI=1S/C12H16N4O/c1-9(8-17-3)16-10(2)14-15-12(16)11-5-4-6-13-7-11/h4-7,9H,8H2,1-3H3/t9-/m0/s1. The van der Waals surface area contributed by atoms with E-state index in [1.807, 2.05) is 19.1 Å². The number of methoxy groups -OCH3 is 1. The normalized spacial score (nSPS) is 12.6. The van der Waals surface area contributed by atoms with Crippen LogP contribution in [0.25, 0.3) is 11.4 Å². The number of hydrogen-bond acceptors (Lipinski definition) is 4. The molecule has 1 atom stereocenters. The molecule has 2 aromatic rings. The SMILES string of the molecule is COC[C@H](C)n1c(C)nnc1-c1cccnc1. The van der Waals surface area contributed by atoms with Crippen LogP contribution in [0.4, 0.5) is 0 Å². The number of rotatable bonds is 4. The predicted octanol–water partition coefficient (Wildman–Crippen LogP) is 1.86. The van der Waals surface area contributed by atoms with Crippen molar-refractivity contribution in [3.05, 3.63) is 30.4 Å². The average Bonchev–Trinajstić information content (AvgIpc) is 2.73. The van der Waals surface area contributed by atoms with Crippen LogP contribution in [0.15, 0.2) is 24.5 Å². The molecule has 0 bridgehead atoms. The molecule has 0 aliphatic heterocycles. The van der Waals surface area contributed by atoms with Gasteiger partial charge in [-0.15, -0.1) is 10.2 Å². The van der Waals surface area contributed by atoms with Gasteiger partial charge in [0, 0.05) is 25.1 Å². The molecule has 0 amide bonds. The Morgan fingerprint density at radius 3 is 2.88 bits per heavy atom. The molecule has 17 heavy (non-hydrogen) atoms. The Hall–Kier alpha value is -1.75. The second kappa shape index (κ2) is 5.05. The highest BCUT2D eigenvalue weighted by molar-refractivity contribution is 5.53. The minimum Gasteiger partial charge on any atom is -0.383 e. The first-order chi connectivity index (χ1) is 8.24. The molecular formula is C12H16N4O. The fourth-order valence-electron chi connectivity index (χ4n) is 1.90. The molecule has 0 aliphatic carbocycles. The zero-order valence-electron chi connectivity index (χ0n) is 10.3. The number of ether oxygens (including phenoxy) is 1. The van der Waals surface area contributed by atoms with Gasteiger partial charge in [0.15, 0.2) is 5.82 Å². The maximum atomic E-state index is 5.18. The van der Waals surface area contributed by atoms with E-state index in [9.17, 15) is 0 Å². The van der Waals surface area contributed by atoms with Gasteiger partial charge in [-0.3, -0.25) is 4.98 Å². The van der Waals surface area contributed by atoms with Crippen LogP contribution < -0.4 is 0 Å². The fourth-order valence-corrected chi connectivity index (χ4v) is 1.90. The van der Waals surface area contributed by atoms with Gasteiger partial charge in [0.1, 0.15) is 5.82 Å². The summed E-state index contributed by atoms with van der Waals surface area (Å²) >= 11 is 0. The van der Waals surface area contributed by atoms with Crippen LogP contribution in [0.2, 0.25) is 0 Å². The lowest BCUT2D eigenvalue weighted by Crippen LogP contribution is -2.14. The van der Waals surface area contributed by atoms with Crippen molar-refractivity contribution in [1.29, 1.82) is 0 Å². The van der Waals surface area contributed by atoms with Crippen molar-refractivity contribution in [2.45, 2.75) is 19.9 Å². The van der Waals surface area contributed by atoms with Crippen LogP contribution in [0.1, 0.15) is 18.8 Å². The Labute approximate surface area is 100 Å². The largest absolute Gasteiger partial charge is 0.383 e. The van der Waals surface area contributed by atoms with E-state index in [0.717, 1.165) is 17.2 Å². The van der Waals surface area contributed by atoms with Crippen LogP contribution >= 0.6 is 0 Å². The first kappa shape index (κ1) is 11.7. The second-order valence-electron chi connectivity index (χ2n) is 3.99. The lowest BCUT2D eigenvalue weighted by Gasteiger charge is -2.16. The first-order valence-electron chi connectivity index (χ1n) is 5.55. The molecule has 0 saturated heterocycles. The van der Waals surface area contributed by atoms with Crippen molar-refractivity contribution in [2.75, 3.05) is 13.7 Å². The van der Waals surface area contributed by atoms with E-state index in [0.29, 0.717) is 6.61 Å². The lowest BCUT2D eigenvalue weighted by atomic mass is 10.2. The smallest absolute Gasteiger partial charge is 0.165 e. The number of nitrogens with zero attached hydrogens (tertiary/aromatic N) is 4. The van der Waals surface area contributed by atoms with Gasteiger partial charge >= 0.3 is 0 Å².